The molecule has 154 valence electrons. The normalized spacial score (nSPS) is 11.8. The predicted molar refractivity (Wildman–Crippen MR) is 112 cm³/mol. The van der Waals surface area contributed by atoms with Gasteiger partial charge in [0.1, 0.15) is 17.0 Å². The summed E-state index contributed by atoms with van der Waals surface area (Å²) in [7, 11) is 1.19. The Kier molecular flexibility index (Phi) is 5.33. The van der Waals surface area contributed by atoms with Gasteiger partial charge in [0, 0.05) is 17.5 Å². The highest BCUT2D eigenvalue weighted by Crippen LogP contribution is 2.32. The van der Waals surface area contributed by atoms with Crippen LogP contribution in [0.25, 0.3) is 22.0 Å². The number of esters is 1. The highest BCUT2D eigenvalue weighted by Gasteiger charge is 2.28. The number of nitriles is 1. The third-order valence-corrected chi connectivity index (χ3v) is 4.80. The summed E-state index contributed by atoms with van der Waals surface area (Å²) >= 11 is 0. The molecule has 31 heavy (non-hydrogen) atoms. The lowest BCUT2D eigenvalue weighted by Crippen LogP contribution is -2.15. The monoisotopic (exact) mass is 415 g/mol. The van der Waals surface area contributed by atoms with Gasteiger partial charge in [0.2, 0.25) is 5.88 Å². The molecule has 2 heterocycles. The first-order chi connectivity index (χ1) is 15.0. The Labute approximate surface area is 176 Å². The van der Waals surface area contributed by atoms with E-state index in [-0.39, 0.29) is 11.6 Å². The molecule has 4 rings (SSSR count). The van der Waals surface area contributed by atoms with E-state index in [0.29, 0.717) is 28.8 Å². The summed E-state index contributed by atoms with van der Waals surface area (Å²) in [5.74, 6) is -1.78. The lowest BCUT2D eigenvalue weighted by atomic mass is 10.1. The van der Waals surface area contributed by atoms with Crippen LogP contribution in [-0.2, 0) is 16.0 Å². The minimum absolute atomic E-state index is 0.0102. The zero-order chi connectivity index (χ0) is 22.0. The van der Waals surface area contributed by atoms with E-state index in [4.69, 9.17) is 13.9 Å². The molecule has 2 aromatic carbocycles. The molecule has 8 heteroatoms. The van der Waals surface area contributed by atoms with Crippen molar-refractivity contribution in [2.24, 2.45) is 0 Å². The first kappa shape index (κ1) is 20.0. The van der Waals surface area contributed by atoms with Gasteiger partial charge in [0.15, 0.2) is 5.92 Å². The fourth-order valence-corrected chi connectivity index (χ4v) is 3.28. The third-order valence-electron chi connectivity index (χ3n) is 4.80. The Balaban J connectivity index is 1.85. The van der Waals surface area contributed by atoms with Gasteiger partial charge >= 0.3 is 11.6 Å². The summed E-state index contributed by atoms with van der Waals surface area (Å²) in [6.07, 6.45) is 0.672. The van der Waals surface area contributed by atoms with Gasteiger partial charge in [-0.05, 0) is 36.2 Å². The zero-order valence-corrected chi connectivity index (χ0v) is 16.8. The zero-order valence-electron chi connectivity index (χ0n) is 16.8. The first-order valence-corrected chi connectivity index (χ1v) is 9.52. The number of ether oxygens (including phenoxy) is 2. The number of aryl methyl sites for hydroxylation is 1. The van der Waals surface area contributed by atoms with Crippen LogP contribution in [0.2, 0.25) is 0 Å². The summed E-state index contributed by atoms with van der Waals surface area (Å²) < 4.78 is 16.0. The SMILES string of the molecule is CCc1cc(=O)oc2cc(Oc3nc4ccccc4nc3[C@H](C#N)C(=O)OC)ccc12. The van der Waals surface area contributed by atoms with E-state index < -0.39 is 17.5 Å². The number of hydrogen-bond acceptors (Lipinski definition) is 8. The molecule has 1 atom stereocenters. The molecular formula is C23H17N3O5. The number of fused-ring (bicyclic) bond motifs is 2. The number of benzene rings is 2. The molecule has 0 saturated carbocycles. The minimum Gasteiger partial charge on any atom is -0.468 e. The van der Waals surface area contributed by atoms with Crippen LogP contribution < -0.4 is 10.4 Å². The predicted octanol–water partition coefficient (Wildman–Crippen LogP) is 3.87. The van der Waals surface area contributed by atoms with E-state index in [1.807, 2.05) is 13.0 Å². The number of carbonyl (C=O) groups is 1. The number of rotatable bonds is 5. The maximum absolute atomic E-state index is 12.1. The van der Waals surface area contributed by atoms with Crippen LogP contribution in [0, 0.1) is 11.3 Å². The van der Waals surface area contributed by atoms with Crippen molar-refractivity contribution in [2.75, 3.05) is 7.11 Å². The Morgan fingerprint density at radius 2 is 1.90 bits per heavy atom. The quantitative estimate of drug-likeness (QED) is 0.356. The molecule has 0 aliphatic heterocycles. The standard InChI is InChI=1S/C23H17N3O5/c1-3-13-10-20(27)31-19-11-14(8-9-15(13)19)30-22-21(16(12-24)23(28)29-2)25-17-6-4-5-7-18(17)26-22/h4-11,16H,3H2,1-2H3/t16-/m0/s1. The molecule has 0 radical (unpaired) electrons. The summed E-state index contributed by atoms with van der Waals surface area (Å²) in [5.41, 5.74) is 1.84. The van der Waals surface area contributed by atoms with E-state index in [0.717, 1.165) is 10.9 Å². The number of methoxy groups -OCH3 is 1. The van der Waals surface area contributed by atoms with Crippen LogP contribution in [0.4, 0.5) is 0 Å². The summed E-state index contributed by atoms with van der Waals surface area (Å²) in [5, 5.41) is 10.3. The second-order valence-electron chi connectivity index (χ2n) is 6.69. The Hall–Kier alpha value is -4.25. The Morgan fingerprint density at radius 1 is 1.16 bits per heavy atom. The van der Waals surface area contributed by atoms with Gasteiger partial charge in [-0.2, -0.15) is 5.26 Å². The van der Waals surface area contributed by atoms with Crippen LogP contribution in [0.3, 0.4) is 0 Å². The van der Waals surface area contributed by atoms with Crippen LogP contribution in [0.15, 0.2) is 57.7 Å². The number of aromatic nitrogens is 2. The Bertz CT molecular complexity index is 1400. The molecule has 0 fully saturated rings. The van der Waals surface area contributed by atoms with E-state index in [9.17, 15) is 14.9 Å². The molecule has 0 bridgehead atoms. The largest absolute Gasteiger partial charge is 0.468 e. The minimum atomic E-state index is -1.32. The number of carbonyl (C=O) groups excluding carboxylic acids is 1. The van der Waals surface area contributed by atoms with Gasteiger partial charge in [-0.15, -0.1) is 0 Å². The average Bonchev–Trinajstić information content (AvgIpc) is 2.78. The van der Waals surface area contributed by atoms with Crippen LogP contribution >= 0.6 is 0 Å². The second kappa shape index (κ2) is 8.24. The molecule has 0 unspecified atom stereocenters. The van der Waals surface area contributed by atoms with Gasteiger partial charge in [0.05, 0.1) is 24.2 Å². The fourth-order valence-electron chi connectivity index (χ4n) is 3.28. The van der Waals surface area contributed by atoms with Crippen LogP contribution in [0.1, 0.15) is 24.1 Å². The van der Waals surface area contributed by atoms with E-state index in [1.165, 1.54) is 13.2 Å². The van der Waals surface area contributed by atoms with Crippen molar-refractivity contribution >= 4 is 28.0 Å². The molecular weight excluding hydrogens is 398 g/mol. The molecule has 0 saturated heterocycles. The average molecular weight is 415 g/mol. The Morgan fingerprint density at radius 3 is 2.58 bits per heavy atom. The number of hydrogen-bond donors (Lipinski definition) is 0. The van der Waals surface area contributed by atoms with Gasteiger partial charge in [-0.1, -0.05) is 19.1 Å². The van der Waals surface area contributed by atoms with Crippen molar-refractivity contribution in [1.29, 1.82) is 5.26 Å². The molecule has 0 aliphatic carbocycles. The molecule has 0 N–H and O–H groups in total. The van der Waals surface area contributed by atoms with Gasteiger partial charge < -0.3 is 13.9 Å². The number of para-hydroxylation sites is 2. The van der Waals surface area contributed by atoms with E-state index >= 15 is 0 Å². The van der Waals surface area contributed by atoms with Gasteiger partial charge in [0.25, 0.3) is 0 Å². The van der Waals surface area contributed by atoms with Crippen LogP contribution in [-0.4, -0.2) is 23.0 Å². The maximum Gasteiger partial charge on any atom is 0.336 e. The summed E-state index contributed by atoms with van der Waals surface area (Å²) in [4.78, 5) is 32.9. The van der Waals surface area contributed by atoms with Crippen molar-refractivity contribution in [3.05, 3.63) is 70.2 Å². The smallest absolute Gasteiger partial charge is 0.336 e. The van der Waals surface area contributed by atoms with Crippen molar-refractivity contribution in [3.63, 3.8) is 0 Å². The highest BCUT2D eigenvalue weighted by atomic mass is 16.5. The molecule has 0 aliphatic rings. The lowest BCUT2D eigenvalue weighted by molar-refractivity contribution is -0.141. The lowest BCUT2D eigenvalue weighted by Gasteiger charge is -2.13. The molecule has 0 amide bonds. The second-order valence-corrected chi connectivity index (χ2v) is 6.69. The van der Waals surface area contributed by atoms with Crippen molar-refractivity contribution in [2.45, 2.75) is 19.3 Å². The van der Waals surface area contributed by atoms with Gasteiger partial charge in [-0.25, -0.2) is 14.8 Å². The molecule has 0 spiro atoms. The van der Waals surface area contributed by atoms with E-state index in [1.54, 1.807) is 42.5 Å². The van der Waals surface area contributed by atoms with E-state index in [2.05, 4.69) is 9.97 Å². The maximum atomic E-state index is 12.1. The number of nitrogens with zero attached hydrogens (tertiary/aromatic N) is 3. The third kappa shape index (κ3) is 3.81. The topological polar surface area (TPSA) is 115 Å². The summed E-state index contributed by atoms with van der Waals surface area (Å²) in [6.45, 7) is 1.95. The first-order valence-electron chi connectivity index (χ1n) is 9.52. The summed E-state index contributed by atoms with van der Waals surface area (Å²) in [6, 6.07) is 15.4. The highest BCUT2D eigenvalue weighted by molar-refractivity contribution is 5.84. The van der Waals surface area contributed by atoms with Gasteiger partial charge in [-0.3, -0.25) is 4.79 Å². The molecule has 8 nitrogen and oxygen atoms in total. The molecule has 4 aromatic rings. The van der Waals surface area contributed by atoms with Crippen molar-refractivity contribution in [1.82, 2.24) is 9.97 Å². The van der Waals surface area contributed by atoms with Crippen molar-refractivity contribution < 1.29 is 18.7 Å². The van der Waals surface area contributed by atoms with Crippen molar-refractivity contribution in [3.8, 4) is 17.7 Å². The van der Waals surface area contributed by atoms with Crippen LogP contribution in [0.5, 0.6) is 11.6 Å². The molecule has 2 aromatic heterocycles. The fraction of sp³-hybridized carbons (Fsp3) is 0.174.